The van der Waals surface area contributed by atoms with Crippen molar-refractivity contribution in [2.24, 2.45) is 11.8 Å². The Morgan fingerprint density at radius 1 is 0.885 bits per heavy atom. The van der Waals surface area contributed by atoms with E-state index >= 15 is 0 Å². The first-order chi connectivity index (χ1) is 25.4. The number of nitrogens with one attached hydrogen (secondary N) is 1. The smallest absolute Gasteiger partial charge is 0.450 e. The van der Waals surface area contributed by atoms with Gasteiger partial charge in [-0.2, -0.15) is 15.0 Å². The summed E-state index contributed by atoms with van der Waals surface area (Å²) in [5, 5.41) is 28.0. The molecule has 10 heteroatoms. The number of hydrogen-bond donors (Lipinski definition) is 1. The average molecular weight is 695 g/mol. The molecule has 3 aliphatic carbocycles. The SMILES string of the molecule is [C-]#[N+]C([N+]#[C-])=C(/C(C#N)=C/C=C/C1=C(N2CCN(C(=O)OCC)CC2)C(=C/C=C/C(=C=N)/C(=C(/C#N)[N+]#[C-])C2CCCCC2)/CC1)C1CCCCC1. The molecular weight excluding hydrogens is 649 g/mol. The van der Waals surface area contributed by atoms with Gasteiger partial charge in [0.05, 0.1) is 36.5 Å². The lowest BCUT2D eigenvalue weighted by Crippen LogP contribution is -2.48. The number of piperazine rings is 1. The molecule has 0 atom stereocenters. The molecule has 0 unspecified atom stereocenters. The molecule has 1 amide bonds. The molecule has 4 rings (SSSR count). The number of rotatable bonds is 10. The first kappa shape index (κ1) is 38.9. The molecule has 266 valence electrons. The number of nitriles is 2. The van der Waals surface area contributed by atoms with Gasteiger partial charge < -0.3 is 14.5 Å². The van der Waals surface area contributed by atoms with Crippen molar-refractivity contribution < 1.29 is 9.53 Å². The molecule has 0 aromatic rings. The summed E-state index contributed by atoms with van der Waals surface area (Å²) in [6.07, 6.45) is 22.3. The largest absolute Gasteiger partial charge is 0.524 e. The first-order valence-corrected chi connectivity index (χ1v) is 18.3. The van der Waals surface area contributed by atoms with Gasteiger partial charge in [0.15, 0.2) is 0 Å². The van der Waals surface area contributed by atoms with Crippen LogP contribution in [0, 0.1) is 59.6 Å². The topological polar surface area (TPSA) is 117 Å². The monoisotopic (exact) mass is 694 g/mol. The summed E-state index contributed by atoms with van der Waals surface area (Å²) in [7, 11) is 0. The molecule has 1 heterocycles. The second kappa shape index (κ2) is 20.1. The van der Waals surface area contributed by atoms with Gasteiger partial charge >= 0.3 is 11.9 Å². The van der Waals surface area contributed by atoms with Crippen molar-refractivity contribution in [1.29, 1.82) is 15.9 Å². The molecule has 1 saturated heterocycles. The second-order valence-corrected chi connectivity index (χ2v) is 13.3. The fourth-order valence-corrected chi connectivity index (χ4v) is 7.81. The maximum absolute atomic E-state index is 12.4. The Morgan fingerprint density at radius 3 is 2.06 bits per heavy atom. The molecular formula is C42H46N8O2. The summed E-state index contributed by atoms with van der Waals surface area (Å²) in [6.45, 7) is 27.2. The van der Waals surface area contributed by atoms with Gasteiger partial charge in [-0.15, -0.1) is 0 Å². The van der Waals surface area contributed by atoms with Crippen LogP contribution in [0.1, 0.15) is 84.0 Å². The molecule has 0 radical (unpaired) electrons. The highest BCUT2D eigenvalue weighted by Crippen LogP contribution is 2.39. The number of ether oxygens (including phenoxy) is 1. The standard InChI is InChI=1S/C42H46N8O2/c1-5-52-42(51)50-26-24-49(25-27-50)40-33(18-12-20-35(28-43)38(37(30-45)46-2)31-14-8-6-9-15-31)22-23-34(40)19-13-21-36(29-44)39(41(47-3)48-4)32-16-10-7-11-17-32/h12-13,18-21,31-32,43H,5-11,14-17,22-27H2,1H3/b19-13+,20-12+,33-18+,36-21+,38-37-. The van der Waals surface area contributed by atoms with Crippen molar-refractivity contribution in [1.82, 2.24) is 9.80 Å². The summed E-state index contributed by atoms with van der Waals surface area (Å²) in [5.74, 6) is 2.57. The van der Waals surface area contributed by atoms with Crippen LogP contribution in [-0.4, -0.2) is 54.5 Å². The van der Waals surface area contributed by atoms with Gasteiger partial charge in [-0.05, 0) is 92.0 Å². The van der Waals surface area contributed by atoms with Crippen molar-refractivity contribution in [3.63, 3.8) is 0 Å². The molecule has 0 spiro atoms. The maximum atomic E-state index is 12.4. The Bertz CT molecular complexity index is 1810. The summed E-state index contributed by atoms with van der Waals surface area (Å²) in [6, 6.07) is 4.34. The van der Waals surface area contributed by atoms with Gasteiger partial charge in [0.25, 0.3) is 5.70 Å². The first-order valence-electron chi connectivity index (χ1n) is 18.3. The van der Waals surface area contributed by atoms with Gasteiger partial charge in [-0.3, -0.25) is 5.41 Å². The van der Waals surface area contributed by atoms with E-state index in [1.165, 1.54) is 0 Å². The zero-order chi connectivity index (χ0) is 37.3. The highest BCUT2D eigenvalue weighted by Gasteiger charge is 2.30. The minimum absolute atomic E-state index is 0.0246. The molecule has 0 bridgehead atoms. The molecule has 52 heavy (non-hydrogen) atoms. The Hall–Kier alpha value is -5.85. The number of allylic oxidation sites excluding steroid dienone is 13. The molecule has 1 N–H and O–H groups in total. The molecule has 0 aromatic carbocycles. The summed E-state index contributed by atoms with van der Waals surface area (Å²) in [5.41, 5.74) is 5.21. The van der Waals surface area contributed by atoms with E-state index in [0.717, 1.165) is 93.9 Å². The summed E-state index contributed by atoms with van der Waals surface area (Å²) >= 11 is 0. The number of hydrogen-bond acceptors (Lipinski definition) is 6. The van der Waals surface area contributed by atoms with Crippen LogP contribution in [0.3, 0.4) is 0 Å². The van der Waals surface area contributed by atoms with E-state index in [2.05, 4.69) is 37.4 Å². The molecule has 4 aliphatic rings. The Labute approximate surface area is 308 Å². The van der Waals surface area contributed by atoms with Crippen LogP contribution in [0.15, 0.2) is 87.1 Å². The van der Waals surface area contributed by atoms with Crippen LogP contribution in [0.2, 0.25) is 0 Å². The van der Waals surface area contributed by atoms with Crippen LogP contribution in [0.5, 0.6) is 0 Å². The Morgan fingerprint density at radius 2 is 1.52 bits per heavy atom. The molecule has 2 saturated carbocycles. The van der Waals surface area contributed by atoms with E-state index in [4.69, 9.17) is 29.9 Å². The van der Waals surface area contributed by atoms with Gasteiger partial charge in [0.2, 0.25) is 0 Å². The quantitative estimate of drug-likeness (QED) is 0.106. The Kier molecular flexibility index (Phi) is 15.1. The van der Waals surface area contributed by atoms with Crippen LogP contribution in [-0.2, 0) is 4.74 Å². The van der Waals surface area contributed by atoms with E-state index in [1.54, 1.807) is 24.0 Å². The van der Waals surface area contributed by atoms with Gasteiger partial charge in [0, 0.05) is 37.4 Å². The predicted molar refractivity (Wildman–Crippen MR) is 200 cm³/mol. The van der Waals surface area contributed by atoms with Crippen molar-refractivity contribution in [2.45, 2.75) is 84.0 Å². The average Bonchev–Trinajstić information content (AvgIpc) is 3.59. The van der Waals surface area contributed by atoms with E-state index in [0.29, 0.717) is 55.1 Å². The van der Waals surface area contributed by atoms with Crippen LogP contribution >= 0.6 is 0 Å². The molecule has 3 fully saturated rings. The van der Waals surface area contributed by atoms with Crippen LogP contribution in [0.25, 0.3) is 14.5 Å². The van der Waals surface area contributed by atoms with E-state index in [-0.39, 0.29) is 29.4 Å². The van der Waals surface area contributed by atoms with Crippen LogP contribution < -0.4 is 0 Å². The van der Waals surface area contributed by atoms with Crippen molar-refractivity contribution in [3.05, 3.63) is 121 Å². The minimum Gasteiger partial charge on any atom is -0.450 e. The van der Waals surface area contributed by atoms with Gasteiger partial charge in [0.1, 0.15) is 13.1 Å². The third-order valence-corrected chi connectivity index (χ3v) is 10.3. The summed E-state index contributed by atoms with van der Waals surface area (Å²) < 4.78 is 5.23. The maximum Gasteiger partial charge on any atom is 0.524 e. The fraction of sp³-hybridized carbons (Fsp3) is 0.476. The molecule has 0 aromatic heterocycles. The zero-order valence-corrected chi connectivity index (χ0v) is 30.1. The third-order valence-electron chi connectivity index (χ3n) is 10.3. The molecule has 10 nitrogen and oxygen atoms in total. The van der Waals surface area contributed by atoms with Crippen LogP contribution in [0.4, 0.5) is 4.79 Å². The highest BCUT2D eigenvalue weighted by molar-refractivity contribution is 5.70. The number of carbonyl (C=O) groups excluding carboxylic acids is 1. The van der Waals surface area contributed by atoms with E-state index in [1.807, 2.05) is 24.3 Å². The van der Waals surface area contributed by atoms with E-state index < -0.39 is 0 Å². The number of carbonyl (C=O) groups is 1. The van der Waals surface area contributed by atoms with E-state index in [9.17, 15) is 15.3 Å². The lowest BCUT2D eigenvalue weighted by atomic mass is 9.80. The van der Waals surface area contributed by atoms with Crippen molar-refractivity contribution in [3.8, 4) is 12.1 Å². The molecule has 1 aliphatic heterocycles. The van der Waals surface area contributed by atoms with Gasteiger partial charge in [-0.25, -0.2) is 14.9 Å². The third kappa shape index (κ3) is 9.68. The minimum atomic E-state index is -0.320. The van der Waals surface area contributed by atoms with Crippen molar-refractivity contribution in [2.75, 3.05) is 32.8 Å². The lowest BCUT2D eigenvalue weighted by molar-refractivity contribution is 0.0873. The highest BCUT2D eigenvalue weighted by atomic mass is 16.6. The second-order valence-electron chi connectivity index (χ2n) is 13.3. The van der Waals surface area contributed by atoms with Gasteiger partial charge in [-0.1, -0.05) is 62.8 Å². The fourth-order valence-electron chi connectivity index (χ4n) is 7.81. The van der Waals surface area contributed by atoms with Crippen molar-refractivity contribution >= 4 is 12.0 Å². The summed E-state index contributed by atoms with van der Waals surface area (Å²) in [4.78, 5) is 26.9. The number of nitrogens with zero attached hydrogens (tertiary/aromatic N) is 7. The lowest BCUT2D eigenvalue weighted by Gasteiger charge is -2.37. The zero-order valence-electron chi connectivity index (χ0n) is 30.1. The normalized spacial score (nSPS) is 20.0. The Balaban J connectivity index is 1.70. The predicted octanol–water partition coefficient (Wildman–Crippen LogP) is 9.38. The number of amides is 1.